The van der Waals surface area contributed by atoms with Crippen molar-refractivity contribution in [1.82, 2.24) is 5.32 Å². The molecule has 1 aliphatic heterocycles. The lowest BCUT2D eigenvalue weighted by Gasteiger charge is -2.10. The Morgan fingerprint density at radius 1 is 1.61 bits per heavy atom. The molecule has 18 heavy (non-hydrogen) atoms. The first-order chi connectivity index (χ1) is 8.61. The molecular weight excluding hydrogens is 387 g/mol. The zero-order valence-electron chi connectivity index (χ0n) is 9.50. The molecule has 0 unspecified atom stereocenters. The maximum absolute atomic E-state index is 12.1. The summed E-state index contributed by atoms with van der Waals surface area (Å²) in [5.74, 6) is 1.16. The Labute approximate surface area is 128 Å². The zero-order valence-corrected chi connectivity index (χ0v) is 13.2. The van der Waals surface area contributed by atoms with E-state index in [0.717, 1.165) is 15.9 Å². The normalized spacial score (nSPS) is 14.3. The molecule has 1 aliphatic rings. The van der Waals surface area contributed by atoms with Crippen molar-refractivity contribution in [3.05, 3.63) is 26.3 Å². The molecule has 2 rings (SSSR count). The van der Waals surface area contributed by atoms with Gasteiger partial charge in [-0.3, -0.25) is 9.79 Å². The fraction of sp³-hybridized carbons (Fsp3) is 0.273. The second-order valence-electron chi connectivity index (χ2n) is 3.46. The van der Waals surface area contributed by atoms with Crippen molar-refractivity contribution in [2.75, 3.05) is 19.4 Å². The van der Waals surface area contributed by atoms with Crippen LogP contribution in [0.25, 0.3) is 0 Å². The van der Waals surface area contributed by atoms with Crippen molar-refractivity contribution < 1.29 is 9.53 Å². The molecule has 0 fully saturated rings. The molecule has 0 bridgehead atoms. The number of amidine groups is 1. The Hall–Kier alpha value is -0.470. The zero-order chi connectivity index (χ0) is 13.1. The summed E-state index contributed by atoms with van der Waals surface area (Å²) in [7, 11) is 1.53. The van der Waals surface area contributed by atoms with Gasteiger partial charge in [0.2, 0.25) is 0 Å². The van der Waals surface area contributed by atoms with Crippen molar-refractivity contribution in [3.8, 4) is 5.75 Å². The lowest BCUT2D eigenvalue weighted by molar-refractivity contribution is 0.0975. The number of carbonyl (C=O) groups is 1. The number of carbonyl (C=O) groups excluding carboxylic acids is 1. The summed E-state index contributed by atoms with van der Waals surface area (Å²) in [6, 6.07) is 3.35. The molecule has 0 radical (unpaired) electrons. The van der Waals surface area contributed by atoms with Crippen LogP contribution >= 0.6 is 46.0 Å². The third-order valence-electron chi connectivity index (χ3n) is 2.29. The van der Waals surface area contributed by atoms with Crippen LogP contribution < -0.4 is 10.1 Å². The van der Waals surface area contributed by atoms with Crippen LogP contribution in [0.4, 0.5) is 0 Å². The van der Waals surface area contributed by atoms with Gasteiger partial charge in [0.05, 0.1) is 24.2 Å². The number of rotatable bonds is 2. The van der Waals surface area contributed by atoms with Gasteiger partial charge in [0.15, 0.2) is 5.17 Å². The fourth-order valence-corrected chi connectivity index (χ4v) is 2.78. The maximum atomic E-state index is 12.1. The van der Waals surface area contributed by atoms with Crippen LogP contribution in [-0.4, -0.2) is 30.5 Å². The number of methoxy groups -OCH3 is 1. The van der Waals surface area contributed by atoms with Crippen molar-refractivity contribution in [2.45, 2.75) is 0 Å². The average molecular weight is 397 g/mol. The second kappa shape index (κ2) is 6.12. The molecule has 0 spiro atoms. The van der Waals surface area contributed by atoms with Crippen LogP contribution in [0.5, 0.6) is 5.75 Å². The van der Waals surface area contributed by atoms with Crippen molar-refractivity contribution in [3.63, 3.8) is 0 Å². The van der Waals surface area contributed by atoms with Gasteiger partial charge in [-0.05, 0) is 34.7 Å². The molecule has 0 atom stereocenters. The molecule has 1 amide bonds. The third-order valence-corrected chi connectivity index (χ3v) is 4.71. The van der Waals surface area contributed by atoms with Gasteiger partial charge < -0.3 is 10.1 Å². The molecule has 0 saturated heterocycles. The summed E-state index contributed by atoms with van der Waals surface area (Å²) in [6.07, 6.45) is 0. The Balaban J connectivity index is 2.26. The Kier molecular flexibility index (Phi) is 4.74. The van der Waals surface area contributed by atoms with Gasteiger partial charge in [0, 0.05) is 9.32 Å². The Morgan fingerprint density at radius 3 is 3.00 bits per heavy atom. The molecule has 1 heterocycles. The highest BCUT2D eigenvalue weighted by atomic mass is 127. The molecule has 0 saturated carbocycles. The van der Waals surface area contributed by atoms with E-state index < -0.39 is 0 Å². The third kappa shape index (κ3) is 3.10. The minimum atomic E-state index is -0.252. The van der Waals surface area contributed by atoms with Crippen LogP contribution in [-0.2, 0) is 0 Å². The lowest BCUT2D eigenvalue weighted by Crippen LogP contribution is -2.27. The molecule has 96 valence electrons. The van der Waals surface area contributed by atoms with Crippen molar-refractivity contribution in [2.24, 2.45) is 4.99 Å². The topological polar surface area (TPSA) is 50.7 Å². The SMILES string of the molecule is COc1cc(I)c(Cl)cc1C(=O)NC1=NCCS1. The number of thioether (sulfide) groups is 1. The highest BCUT2D eigenvalue weighted by Gasteiger charge is 2.18. The predicted molar refractivity (Wildman–Crippen MR) is 82.9 cm³/mol. The molecule has 1 N–H and O–H groups in total. The van der Waals surface area contributed by atoms with Gasteiger partial charge >= 0.3 is 0 Å². The van der Waals surface area contributed by atoms with E-state index in [9.17, 15) is 4.79 Å². The van der Waals surface area contributed by atoms with E-state index in [1.54, 1.807) is 12.1 Å². The minimum Gasteiger partial charge on any atom is -0.496 e. The predicted octanol–water partition coefficient (Wildman–Crippen LogP) is 2.79. The van der Waals surface area contributed by atoms with Crippen LogP contribution in [0.1, 0.15) is 10.4 Å². The van der Waals surface area contributed by atoms with E-state index in [1.165, 1.54) is 18.9 Å². The number of hydrogen-bond donors (Lipinski definition) is 1. The fourth-order valence-electron chi connectivity index (χ4n) is 1.45. The smallest absolute Gasteiger partial charge is 0.261 e. The molecule has 0 aromatic heterocycles. The van der Waals surface area contributed by atoms with E-state index in [2.05, 4.69) is 32.9 Å². The van der Waals surface area contributed by atoms with E-state index in [4.69, 9.17) is 16.3 Å². The number of ether oxygens (including phenoxy) is 1. The Morgan fingerprint density at radius 2 is 2.39 bits per heavy atom. The lowest BCUT2D eigenvalue weighted by atomic mass is 10.2. The summed E-state index contributed by atoms with van der Waals surface area (Å²) in [5.41, 5.74) is 0.415. The van der Waals surface area contributed by atoms with E-state index in [-0.39, 0.29) is 5.91 Å². The highest BCUT2D eigenvalue weighted by molar-refractivity contribution is 14.1. The first-order valence-corrected chi connectivity index (χ1v) is 7.57. The van der Waals surface area contributed by atoms with Gasteiger partial charge in [-0.25, -0.2) is 0 Å². The first kappa shape index (κ1) is 14.0. The second-order valence-corrected chi connectivity index (χ2v) is 6.11. The van der Waals surface area contributed by atoms with Crippen LogP contribution in [0.15, 0.2) is 17.1 Å². The number of amides is 1. The van der Waals surface area contributed by atoms with Crippen LogP contribution in [0.2, 0.25) is 5.02 Å². The molecule has 1 aromatic carbocycles. The highest BCUT2D eigenvalue weighted by Crippen LogP contribution is 2.28. The number of halogens is 2. The molecule has 0 aliphatic carbocycles. The van der Waals surface area contributed by atoms with E-state index >= 15 is 0 Å². The van der Waals surface area contributed by atoms with Gasteiger partial charge in [0.1, 0.15) is 5.75 Å². The summed E-state index contributed by atoms with van der Waals surface area (Å²) >= 11 is 9.65. The number of hydrogen-bond acceptors (Lipinski definition) is 4. The van der Waals surface area contributed by atoms with Gasteiger partial charge in [-0.2, -0.15) is 0 Å². The first-order valence-electron chi connectivity index (χ1n) is 5.13. The quantitative estimate of drug-likeness (QED) is 0.782. The van der Waals surface area contributed by atoms with Gasteiger partial charge in [-0.15, -0.1) is 0 Å². The van der Waals surface area contributed by atoms with E-state index in [0.29, 0.717) is 21.5 Å². The number of nitrogens with one attached hydrogen (secondary N) is 1. The maximum Gasteiger partial charge on any atom is 0.261 e. The molecule has 4 nitrogen and oxygen atoms in total. The summed E-state index contributed by atoms with van der Waals surface area (Å²) in [6.45, 7) is 0.741. The minimum absolute atomic E-state index is 0.252. The molecule has 7 heteroatoms. The average Bonchev–Trinajstić information content (AvgIpc) is 2.84. The summed E-state index contributed by atoms with van der Waals surface area (Å²) in [4.78, 5) is 16.3. The number of aliphatic imine (C=N–C) groups is 1. The molecule has 1 aromatic rings. The largest absolute Gasteiger partial charge is 0.496 e. The monoisotopic (exact) mass is 396 g/mol. The van der Waals surface area contributed by atoms with Crippen molar-refractivity contribution in [1.29, 1.82) is 0 Å². The van der Waals surface area contributed by atoms with Gasteiger partial charge in [-0.1, -0.05) is 23.4 Å². The van der Waals surface area contributed by atoms with E-state index in [1.807, 2.05) is 0 Å². The number of nitrogens with zero attached hydrogens (tertiary/aromatic N) is 1. The molecular formula is C11H10ClIN2O2S. The van der Waals surface area contributed by atoms with Crippen LogP contribution in [0, 0.1) is 3.57 Å². The number of benzene rings is 1. The van der Waals surface area contributed by atoms with Gasteiger partial charge in [0.25, 0.3) is 5.91 Å². The summed E-state index contributed by atoms with van der Waals surface area (Å²) < 4.78 is 6.04. The summed E-state index contributed by atoms with van der Waals surface area (Å²) in [5, 5.41) is 3.93. The van der Waals surface area contributed by atoms with Crippen molar-refractivity contribution >= 4 is 57.0 Å². The Bertz CT molecular complexity index is 522. The van der Waals surface area contributed by atoms with Crippen LogP contribution in [0.3, 0.4) is 0 Å². The standard InChI is InChI=1S/C11H10ClIN2O2S/c1-17-9-5-8(13)7(12)4-6(9)10(16)15-11-14-2-3-18-11/h4-5H,2-3H2,1H3,(H,14,15,16).